The minimum absolute atomic E-state index is 0. The Hall–Kier alpha value is -0.970. The molecule has 0 aliphatic carbocycles. The number of carbonyl (C=O) groups excluding carboxylic acids is 1. The number of rotatable bonds is 4. The van der Waals surface area contributed by atoms with E-state index in [9.17, 15) is 4.79 Å². The van der Waals surface area contributed by atoms with Crippen LogP contribution in [-0.2, 0) is 0 Å². The van der Waals surface area contributed by atoms with Crippen molar-refractivity contribution in [2.45, 2.75) is 13.0 Å². The highest BCUT2D eigenvalue weighted by Crippen LogP contribution is 2.22. The molecule has 0 spiro atoms. The average Bonchev–Trinajstić information content (AvgIpc) is 2.28. The predicted octanol–water partition coefficient (Wildman–Crippen LogP) is 1.85. The van der Waals surface area contributed by atoms with Gasteiger partial charge in [0, 0.05) is 17.6 Å². The van der Waals surface area contributed by atoms with Gasteiger partial charge in [0.1, 0.15) is 5.75 Å². The summed E-state index contributed by atoms with van der Waals surface area (Å²) in [6.07, 6.45) is 0. The van der Waals surface area contributed by atoms with Crippen molar-refractivity contribution in [3.63, 3.8) is 0 Å². The van der Waals surface area contributed by atoms with Gasteiger partial charge in [-0.2, -0.15) is 0 Å². The van der Waals surface area contributed by atoms with Crippen LogP contribution in [0.3, 0.4) is 0 Å². The normalized spacial score (nSPS) is 11.3. The summed E-state index contributed by atoms with van der Waals surface area (Å²) < 4.78 is 5.09. The van der Waals surface area contributed by atoms with Crippen molar-refractivity contribution < 1.29 is 9.53 Å². The highest BCUT2D eigenvalue weighted by molar-refractivity contribution is 6.30. The minimum Gasteiger partial charge on any atom is -0.496 e. The van der Waals surface area contributed by atoms with Gasteiger partial charge in [-0.05, 0) is 25.1 Å². The fourth-order valence-electron chi connectivity index (χ4n) is 1.21. The molecule has 0 saturated carbocycles. The maximum absolute atomic E-state index is 11.8. The van der Waals surface area contributed by atoms with E-state index in [1.54, 1.807) is 18.2 Å². The molecule has 4 nitrogen and oxygen atoms in total. The molecule has 6 heteroatoms. The number of benzene rings is 1. The van der Waals surface area contributed by atoms with Crippen LogP contribution >= 0.6 is 24.0 Å². The van der Waals surface area contributed by atoms with Gasteiger partial charge in [-0.1, -0.05) is 11.6 Å². The Kier molecular flexibility index (Phi) is 6.95. The summed E-state index contributed by atoms with van der Waals surface area (Å²) >= 11 is 5.80. The zero-order chi connectivity index (χ0) is 12.1. The second kappa shape index (κ2) is 7.37. The van der Waals surface area contributed by atoms with Crippen molar-refractivity contribution in [3.05, 3.63) is 28.8 Å². The van der Waals surface area contributed by atoms with Crippen LogP contribution in [0.1, 0.15) is 17.3 Å². The molecular formula is C11H16Cl2N2O2. The summed E-state index contributed by atoms with van der Waals surface area (Å²) in [5.41, 5.74) is 5.88. The molecule has 3 N–H and O–H groups in total. The highest BCUT2D eigenvalue weighted by Gasteiger charge is 2.13. The lowest BCUT2D eigenvalue weighted by Gasteiger charge is -2.13. The van der Waals surface area contributed by atoms with Crippen molar-refractivity contribution in [1.82, 2.24) is 5.32 Å². The molecule has 1 aromatic carbocycles. The van der Waals surface area contributed by atoms with Gasteiger partial charge in [-0.3, -0.25) is 4.79 Å². The fourth-order valence-corrected chi connectivity index (χ4v) is 1.38. The molecule has 0 bridgehead atoms. The van der Waals surface area contributed by atoms with Crippen LogP contribution in [0.4, 0.5) is 0 Å². The first-order valence-corrected chi connectivity index (χ1v) is 5.30. The summed E-state index contributed by atoms with van der Waals surface area (Å²) in [7, 11) is 1.49. The van der Waals surface area contributed by atoms with Gasteiger partial charge >= 0.3 is 0 Å². The van der Waals surface area contributed by atoms with E-state index >= 15 is 0 Å². The molecule has 0 aromatic heterocycles. The molecule has 0 aliphatic rings. The number of nitrogens with two attached hydrogens (primary N) is 1. The molecule has 0 heterocycles. The number of nitrogens with one attached hydrogen (secondary N) is 1. The summed E-state index contributed by atoms with van der Waals surface area (Å²) in [6.45, 7) is 2.22. The second-order valence-electron chi connectivity index (χ2n) is 3.45. The molecule has 0 fully saturated rings. The van der Waals surface area contributed by atoms with Crippen LogP contribution in [-0.4, -0.2) is 25.6 Å². The maximum atomic E-state index is 11.8. The minimum atomic E-state index is -0.216. The van der Waals surface area contributed by atoms with Gasteiger partial charge in [-0.25, -0.2) is 0 Å². The maximum Gasteiger partial charge on any atom is 0.255 e. The molecule has 0 radical (unpaired) electrons. The van der Waals surface area contributed by atoms with Crippen LogP contribution < -0.4 is 15.8 Å². The van der Waals surface area contributed by atoms with Gasteiger partial charge in [-0.15, -0.1) is 12.4 Å². The quantitative estimate of drug-likeness (QED) is 0.884. The Morgan fingerprint density at radius 3 is 2.76 bits per heavy atom. The summed E-state index contributed by atoms with van der Waals surface area (Å²) in [6, 6.07) is 4.79. The molecule has 1 aromatic rings. The number of amides is 1. The second-order valence-corrected chi connectivity index (χ2v) is 3.89. The highest BCUT2D eigenvalue weighted by atomic mass is 35.5. The number of ether oxygens (including phenoxy) is 1. The topological polar surface area (TPSA) is 64.3 Å². The lowest BCUT2D eigenvalue weighted by atomic mass is 10.1. The zero-order valence-corrected chi connectivity index (χ0v) is 11.3. The van der Waals surface area contributed by atoms with Gasteiger partial charge in [0.05, 0.1) is 12.7 Å². The van der Waals surface area contributed by atoms with Crippen LogP contribution in [0.5, 0.6) is 5.75 Å². The van der Waals surface area contributed by atoms with E-state index in [2.05, 4.69) is 5.32 Å². The zero-order valence-electron chi connectivity index (χ0n) is 9.70. The van der Waals surface area contributed by atoms with Gasteiger partial charge in [0.2, 0.25) is 0 Å². The van der Waals surface area contributed by atoms with E-state index in [4.69, 9.17) is 22.1 Å². The first kappa shape index (κ1) is 16.0. The summed E-state index contributed by atoms with van der Waals surface area (Å²) in [4.78, 5) is 11.8. The van der Waals surface area contributed by atoms with Crippen molar-refractivity contribution in [3.8, 4) is 5.75 Å². The summed E-state index contributed by atoms with van der Waals surface area (Å²) in [5.74, 6) is 0.237. The third kappa shape index (κ3) is 4.42. The van der Waals surface area contributed by atoms with E-state index in [1.807, 2.05) is 6.92 Å². The van der Waals surface area contributed by atoms with Gasteiger partial charge in [0.15, 0.2) is 0 Å². The first-order chi connectivity index (χ1) is 7.58. The number of carbonyl (C=O) groups is 1. The van der Waals surface area contributed by atoms with Crippen molar-refractivity contribution in [2.75, 3.05) is 13.7 Å². The molecule has 0 aliphatic heterocycles. The van der Waals surface area contributed by atoms with Crippen LogP contribution in [0, 0.1) is 0 Å². The van der Waals surface area contributed by atoms with Crippen LogP contribution in [0.25, 0.3) is 0 Å². The van der Waals surface area contributed by atoms with Crippen molar-refractivity contribution in [1.29, 1.82) is 0 Å². The molecule has 1 rings (SSSR count). The Morgan fingerprint density at radius 2 is 2.24 bits per heavy atom. The number of hydrogen-bond donors (Lipinski definition) is 2. The number of halogens is 2. The molecular weight excluding hydrogens is 263 g/mol. The van der Waals surface area contributed by atoms with E-state index in [1.165, 1.54) is 7.11 Å². The van der Waals surface area contributed by atoms with E-state index in [0.717, 1.165) is 0 Å². The van der Waals surface area contributed by atoms with E-state index < -0.39 is 0 Å². The monoisotopic (exact) mass is 278 g/mol. The molecule has 1 amide bonds. The van der Waals surface area contributed by atoms with Crippen molar-refractivity contribution >= 4 is 29.9 Å². The smallest absolute Gasteiger partial charge is 0.255 e. The molecule has 17 heavy (non-hydrogen) atoms. The Bertz CT molecular complexity index is 386. The Labute approximate surface area is 112 Å². The molecule has 96 valence electrons. The summed E-state index contributed by atoms with van der Waals surface area (Å²) in [5, 5.41) is 3.28. The Balaban J connectivity index is 0.00000256. The fraction of sp³-hybridized carbons (Fsp3) is 0.364. The van der Waals surface area contributed by atoms with E-state index in [0.29, 0.717) is 22.9 Å². The molecule has 1 atom stereocenters. The molecule has 0 saturated heterocycles. The number of methoxy groups -OCH3 is 1. The lowest BCUT2D eigenvalue weighted by molar-refractivity contribution is 0.0938. The average molecular weight is 279 g/mol. The van der Waals surface area contributed by atoms with Crippen LogP contribution in [0.15, 0.2) is 18.2 Å². The third-order valence-electron chi connectivity index (χ3n) is 2.14. The van der Waals surface area contributed by atoms with Crippen molar-refractivity contribution in [2.24, 2.45) is 5.73 Å². The number of hydrogen-bond acceptors (Lipinski definition) is 3. The first-order valence-electron chi connectivity index (χ1n) is 4.93. The largest absolute Gasteiger partial charge is 0.496 e. The SMILES string of the molecule is COc1cc(Cl)ccc1C(=O)N[C@@H](C)CN.Cl. The standard InChI is InChI=1S/C11H15ClN2O2.ClH/c1-7(6-13)14-11(15)9-4-3-8(12)5-10(9)16-2;/h3-5,7H,6,13H2,1-2H3,(H,14,15);1H/t7-;/m0./s1. The van der Waals surface area contributed by atoms with Gasteiger partial charge in [0.25, 0.3) is 5.91 Å². The predicted molar refractivity (Wildman–Crippen MR) is 71.2 cm³/mol. The van der Waals surface area contributed by atoms with Gasteiger partial charge < -0.3 is 15.8 Å². The Morgan fingerprint density at radius 1 is 1.59 bits per heavy atom. The van der Waals surface area contributed by atoms with Crippen LogP contribution in [0.2, 0.25) is 5.02 Å². The molecule has 0 unspecified atom stereocenters. The van der Waals surface area contributed by atoms with E-state index in [-0.39, 0.29) is 24.4 Å². The lowest BCUT2D eigenvalue weighted by Crippen LogP contribution is -2.37. The third-order valence-corrected chi connectivity index (χ3v) is 2.37.